The lowest BCUT2D eigenvalue weighted by molar-refractivity contribution is 0.541. The summed E-state index contributed by atoms with van der Waals surface area (Å²) in [5, 5.41) is 25.3. The summed E-state index contributed by atoms with van der Waals surface area (Å²) in [6, 6.07) is 37.5. The summed E-state index contributed by atoms with van der Waals surface area (Å²) in [6.07, 6.45) is 12.6. The van der Waals surface area contributed by atoms with Gasteiger partial charge in [-0.15, -0.1) is 0 Å². The van der Waals surface area contributed by atoms with Crippen LogP contribution in [-0.2, 0) is 6.42 Å². The van der Waals surface area contributed by atoms with Crippen molar-refractivity contribution in [2.24, 2.45) is 5.92 Å². The van der Waals surface area contributed by atoms with Gasteiger partial charge in [-0.05, 0) is 83.6 Å². The normalized spacial score (nSPS) is 17.1. The van der Waals surface area contributed by atoms with Gasteiger partial charge in [0.15, 0.2) is 0 Å². The van der Waals surface area contributed by atoms with Gasteiger partial charge in [-0.3, -0.25) is 0 Å². The highest BCUT2D eigenvalue weighted by Crippen LogP contribution is 2.46. The van der Waals surface area contributed by atoms with Crippen LogP contribution in [0.4, 0.5) is 0 Å². The minimum atomic E-state index is -0.329. The van der Waals surface area contributed by atoms with Crippen LogP contribution in [0.5, 0.6) is 0 Å². The third-order valence-electron chi connectivity index (χ3n) is 10.3. The highest BCUT2D eigenvalue weighted by molar-refractivity contribution is 6.22. The average molecular weight is 630 g/mol. The van der Waals surface area contributed by atoms with Crippen molar-refractivity contribution in [3.8, 4) is 23.3 Å². The lowest BCUT2D eigenvalue weighted by Gasteiger charge is -2.30. The van der Waals surface area contributed by atoms with Crippen molar-refractivity contribution in [2.75, 3.05) is 0 Å². The third-order valence-corrected chi connectivity index (χ3v) is 10.3. The Labute approximate surface area is 281 Å². The van der Waals surface area contributed by atoms with Crippen molar-refractivity contribution in [2.45, 2.75) is 18.9 Å². The van der Waals surface area contributed by atoms with E-state index in [0.717, 1.165) is 84.5 Å². The van der Waals surface area contributed by atoms with Crippen LogP contribution in [0.25, 0.3) is 77.6 Å². The zero-order valence-electron chi connectivity index (χ0n) is 26.4. The molecule has 5 nitrogen and oxygen atoms in total. The molecule has 0 radical (unpaired) electrons. The second-order valence-corrected chi connectivity index (χ2v) is 12.9. The molecule has 0 spiro atoms. The Morgan fingerprint density at radius 1 is 0.735 bits per heavy atom. The number of nitrogens with zero attached hydrogens (tertiary/aromatic N) is 3. The lowest BCUT2D eigenvalue weighted by atomic mass is 9.84. The molecule has 2 atom stereocenters. The number of benzene rings is 5. The Bertz CT molecular complexity index is 2880. The van der Waals surface area contributed by atoms with Gasteiger partial charge in [-0.2, -0.15) is 10.5 Å². The molecule has 2 aliphatic rings. The first-order valence-electron chi connectivity index (χ1n) is 16.6. The van der Waals surface area contributed by atoms with Crippen molar-refractivity contribution in [1.82, 2.24) is 4.57 Å². The van der Waals surface area contributed by atoms with Crippen LogP contribution in [0.1, 0.15) is 34.8 Å². The second kappa shape index (κ2) is 10.5. The number of rotatable bonds is 3. The second-order valence-electron chi connectivity index (χ2n) is 12.9. The van der Waals surface area contributed by atoms with E-state index in [4.69, 9.17) is 8.83 Å². The van der Waals surface area contributed by atoms with E-state index in [9.17, 15) is 10.5 Å². The predicted octanol–water partition coefficient (Wildman–Crippen LogP) is 11.3. The standard InChI is InChI=1S/C44H27N3O2/c45-24-28-8-1-2-10-30(28)26-16-19-39-35(22-26)34-18-21-41-42(44(34)49-39)36-23-27(17-20-40(36)48-41)31-13-7-9-29(25-46)43(31)47-37-14-5-3-11-32(37)33-12-4-6-15-38(33)47/h1-5,7-14,16-23,29,43H,6,15H2. The van der Waals surface area contributed by atoms with E-state index in [-0.39, 0.29) is 12.0 Å². The van der Waals surface area contributed by atoms with Crippen LogP contribution < -0.4 is 0 Å². The summed E-state index contributed by atoms with van der Waals surface area (Å²) < 4.78 is 15.4. The van der Waals surface area contributed by atoms with Gasteiger partial charge in [0.05, 0.1) is 35.0 Å². The molecule has 0 aliphatic heterocycles. The molecule has 8 aromatic rings. The number of allylic oxidation sites excluding steroid dienone is 5. The Balaban J connectivity index is 1.17. The van der Waals surface area contributed by atoms with Crippen LogP contribution in [-0.4, -0.2) is 4.57 Å². The quantitative estimate of drug-likeness (QED) is 0.195. The molecule has 49 heavy (non-hydrogen) atoms. The molecule has 0 fully saturated rings. The smallest absolute Gasteiger partial charge is 0.147 e. The fourth-order valence-corrected chi connectivity index (χ4v) is 8.15. The largest absolute Gasteiger partial charge is 0.456 e. The first kappa shape index (κ1) is 27.5. The number of furan rings is 2. The van der Waals surface area contributed by atoms with Crippen LogP contribution >= 0.6 is 0 Å². The van der Waals surface area contributed by atoms with Gasteiger partial charge >= 0.3 is 0 Å². The minimum Gasteiger partial charge on any atom is -0.456 e. The van der Waals surface area contributed by atoms with Gasteiger partial charge in [0, 0.05) is 38.3 Å². The van der Waals surface area contributed by atoms with E-state index < -0.39 is 0 Å². The molecule has 0 bridgehead atoms. The molecule has 2 unspecified atom stereocenters. The Morgan fingerprint density at radius 3 is 2.43 bits per heavy atom. The van der Waals surface area contributed by atoms with Crippen molar-refractivity contribution >= 4 is 66.4 Å². The van der Waals surface area contributed by atoms with E-state index in [1.807, 2.05) is 60.7 Å². The molecular weight excluding hydrogens is 603 g/mol. The molecule has 5 heteroatoms. The number of para-hydroxylation sites is 1. The minimum absolute atomic E-state index is 0.188. The molecule has 0 saturated heterocycles. The number of fused-ring (bicyclic) bond motifs is 10. The van der Waals surface area contributed by atoms with Crippen LogP contribution in [0.15, 0.2) is 130 Å². The van der Waals surface area contributed by atoms with Gasteiger partial charge in [0.1, 0.15) is 22.3 Å². The van der Waals surface area contributed by atoms with E-state index in [1.165, 1.54) is 16.6 Å². The molecule has 10 rings (SSSR count). The van der Waals surface area contributed by atoms with Crippen molar-refractivity contribution in [1.29, 1.82) is 10.5 Å². The Hall–Kier alpha value is -6.56. The molecule has 2 aliphatic carbocycles. The van der Waals surface area contributed by atoms with Crippen LogP contribution in [0.3, 0.4) is 0 Å². The summed E-state index contributed by atoms with van der Waals surface area (Å²) in [4.78, 5) is 0. The van der Waals surface area contributed by atoms with Crippen LogP contribution in [0, 0.1) is 28.6 Å². The zero-order valence-corrected chi connectivity index (χ0v) is 26.4. The molecule has 3 aromatic heterocycles. The maximum atomic E-state index is 10.5. The fourth-order valence-electron chi connectivity index (χ4n) is 8.15. The molecule has 230 valence electrons. The summed E-state index contributed by atoms with van der Waals surface area (Å²) in [5.74, 6) is -0.329. The topological polar surface area (TPSA) is 78.8 Å². The van der Waals surface area contributed by atoms with Gasteiger partial charge in [-0.1, -0.05) is 78.9 Å². The number of hydrogen-bond donors (Lipinski definition) is 0. The molecule has 0 saturated carbocycles. The van der Waals surface area contributed by atoms with Crippen LogP contribution in [0.2, 0.25) is 0 Å². The van der Waals surface area contributed by atoms with E-state index in [0.29, 0.717) is 5.56 Å². The molecule has 0 amide bonds. The van der Waals surface area contributed by atoms with Crippen molar-refractivity contribution in [3.05, 3.63) is 144 Å². The van der Waals surface area contributed by atoms with E-state index >= 15 is 0 Å². The van der Waals surface area contributed by atoms with Gasteiger partial charge in [-0.25, -0.2) is 0 Å². The summed E-state index contributed by atoms with van der Waals surface area (Å²) >= 11 is 0. The molecule has 3 heterocycles. The maximum absolute atomic E-state index is 10.5. The average Bonchev–Trinajstić information content (AvgIpc) is 3.83. The highest BCUT2D eigenvalue weighted by atomic mass is 16.3. The number of hydrogen-bond acceptors (Lipinski definition) is 4. The summed E-state index contributed by atoms with van der Waals surface area (Å²) in [7, 11) is 0. The van der Waals surface area contributed by atoms with Crippen molar-refractivity contribution < 1.29 is 8.83 Å². The maximum Gasteiger partial charge on any atom is 0.147 e. The molecule has 0 N–H and O–H groups in total. The number of aromatic nitrogens is 1. The highest BCUT2D eigenvalue weighted by Gasteiger charge is 2.33. The molecule has 5 aromatic carbocycles. The first-order chi connectivity index (χ1) is 24.2. The SMILES string of the molecule is N#Cc1ccccc1-c1ccc2oc3c(ccc4oc5ccc(C6=CC=CC(C#N)C6n6c7c(c8ccccc86)C=CCC7)cc5c43)c2c1. The molecular formula is C44H27N3O2. The van der Waals surface area contributed by atoms with Crippen molar-refractivity contribution in [3.63, 3.8) is 0 Å². The van der Waals surface area contributed by atoms with Gasteiger partial charge < -0.3 is 13.4 Å². The fraction of sp³-hybridized carbons (Fsp3) is 0.0909. The Morgan fingerprint density at radius 2 is 1.53 bits per heavy atom. The monoisotopic (exact) mass is 629 g/mol. The lowest BCUT2D eigenvalue weighted by Crippen LogP contribution is -2.23. The summed E-state index contributed by atoms with van der Waals surface area (Å²) in [5.41, 5.74) is 11.4. The first-order valence-corrected chi connectivity index (χ1v) is 16.6. The number of nitriles is 2. The van der Waals surface area contributed by atoms with Gasteiger partial charge in [0.25, 0.3) is 0 Å². The zero-order chi connectivity index (χ0) is 32.6. The van der Waals surface area contributed by atoms with E-state index in [2.05, 4.69) is 83.5 Å². The third kappa shape index (κ3) is 3.97. The predicted molar refractivity (Wildman–Crippen MR) is 196 cm³/mol. The van der Waals surface area contributed by atoms with E-state index in [1.54, 1.807) is 0 Å². The Kier molecular flexibility index (Phi) is 5.89. The summed E-state index contributed by atoms with van der Waals surface area (Å²) in [6.45, 7) is 0. The van der Waals surface area contributed by atoms with Gasteiger partial charge in [0.2, 0.25) is 0 Å².